The third kappa shape index (κ3) is 3.11. The van der Waals surface area contributed by atoms with Crippen LogP contribution in [0.15, 0.2) is 23.8 Å². The molecule has 22 heavy (non-hydrogen) atoms. The van der Waals surface area contributed by atoms with Gasteiger partial charge in [0.05, 0.1) is 10.6 Å². The van der Waals surface area contributed by atoms with Crippen LogP contribution in [-0.4, -0.2) is 39.9 Å². The normalized spacial score (nSPS) is 14.6. The lowest BCUT2D eigenvalue weighted by molar-refractivity contribution is 0.0768. The van der Waals surface area contributed by atoms with Crippen molar-refractivity contribution < 1.29 is 4.79 Å². The van der Waals surface area contributed by atoms with Crippen LogP contribution in [0.2, 0.25) is 0 Å². The van der Waals surface area contributed by atoms with Crippen molar-refractivity contribution >= 4 is 23.1 Å². The predicted molar refractivity (Wildman–Crippen MR) is 88.4 cm³/mol. The molecule has 0 saturated heterocycles. The molecule has 6 heteroatoms. The van der Waals surface area contributed by atoms with Gasteiger partial charge in [0.25, 0.3) is 5.91 Å². The third-order valence-electron chi connectivity index (χ3n) is 3.73. The number of thiophene rings is 1. The van der Waals surface area contributed by atoms with Gasteiger partial charge in [0.1, 0.15) is 12.1 Å². The summed E-state index contributed by atoms with van der Waals surface area (Å²) in [7, 11) is 0. The van der Waals surface area contributed by atoms with Gasteiger partial charge in [-0.2, -0.15) is 0 Å². The number of nitrogens with zero attached hydrogens (tertiary/aromatic N) is 3. The maximum atomic E-state index is 12.5. The van der Waals surface area contributed by atoms with Gasteiger partial charge in [0.15, 0.2) is 0 Å². The topological polar surface area (TPSA) is 58.1 Å². The minimum absolute atomic E-state index is 0.120. The Labute approximate surface area is 134 Å². The Bertz CT molecular complexity index is 654. The summed E-state index contributed by atoms with van der Waals surface area (Å²) in [4.78, 5) is 24.0. The van der Waals surface area contributed by atoms with E-state index in [4.69, 9.17) is 0 Å². The van der Waals surface area contributed by atoms with E-state index in [1.807, 2.05) is 22.4 Å². The molecular formula is C16H20N4OS. The highest BCUT2D eigenvalue weighted by molar-refractivity contribution is 7.12. The summed E-state index contributed by atoms with van der Waals surface area (Å²) in [6.07, 6.45) is 3.18. The van der Waals surface area contributed by atoms with Crippen LogP contribution in [0.5, 0.6) is 0 Å². The summed E-state index contributed by atoms with van der Waals surface area (Å²) >= 11 is 1.50. The van der Waals surface area contributed by atoms with Crippen LogP contribution in [0.25, 0.3) is 0 Å². The standard InChI is InChI=1S/C16H20N4OS/c1-11(2)19-15-12-5-7-20(8-6-13(12)17-10-18-15)16(21)14-4-3-9-22-14/h3-4,9-11H,5-8H2,1-2H3,(H,17,18,19). The molecule has 0 aliphatic carbocycles. The van der Waals surface area contributed by atoms with E-state index in [1.54, 1.807) is 6.33 Å². The summed E-state index contributed by atoms with van der Waals surface area (Å²) in [6, 6.07) is 4.13. The Kier molecular flexibility index (Phi) is 4.38. The fourth-order valence-electron chi connectivity index (χ4n) is 2.68. The van der Waals surface area contributed by atoms with Crippen LogP contribution in [0.4, 0.5) is 5.82 Å². The Hall–Kier alpha value is -1.95. The second-order valence-corrected chi connectivity index (χ2v) is 6.66. The van der Waals surface area contributed by atoms with Crippen molar-refractivity contribution in [3.8, 4) is 0 Å². The molecule has 0 aromatic carbocycles. The molecule has 1 amide bonds. The number of hydrogen-bond acceptors (Lipinski definition) is 5. The van der Waals surface area contributed by atoms with E-state index in [0.29, 0.717) is 19.1 Å². The van der Waals surface area contributed by atoms with Gasteiger partial charge in [-0.05, 0) is 31.7 Å². The number of fused-ring (bicyclic) bond motifs is 1. The van der Waals surface area contributed by atoms with Gasteiger partial charge >= 0.3 is 0 Å². The highest BCUT2D eigenvalue weighted by Gasteiger charge is 2.23. The van der Waals surface area contributed by atoms with Gasteiger partial charge < -0.3 is 10.2 Å². The zero-order valence-corrected chi connectivity index (χ0v) is 13.7. The van der Waals surface area contributed by atoms with Crippen LogP contribution in [0, 0.1) is 0 Å². The average Bonchev–Trinajstić information content (AvgIpc) is 2.93. The summed E-state index contributed by atoms with van der Waals surface area (Å²) in [5.41, 5.74) is 2.21. The molecule has 0 fully saturated rings. The largest absolute Gasteiger partial charge is 0.368 e. The highest BCUT2D eigenvalue weighted by atomic mass is 32.1. The molecule has 3 heterocycles. The third-order valence-corrected chi connectivity index (χ3v) is 4.59. The fraction of sp³-hybridized carbons (Fsp3) is 0.438. The van der Waals surface area contributed by atoms with Gasteiger partial charge in [-0.3, -0.25) is 4.79 Å². The number of nitrogens with one attached hydrogen (secondary N) is 1. The number of rotatable bonds is 3. The first-order valence-electron chi connectivity index (χ1n) is 7.57. The Morgan fingerprint density at radius 2 is 2.14 bits per heavy atom. The molecule has 3 rings (SSSR count). The Morgan fingerprint density at radius 1 is 1.32 bits per heavy atom. The summed E-state index contributed by atoms with van der Waals surface area (Å²) < 4.78 is 0. The highest BCUT2D eigenvalue weighted by Crippen LogP contribution is 2.22. The molecule has 2 aromatic heterocycles. The van der Waals surface area contributed by atoms with Crippen molar-refractivity contribution in [1.29, 1.82) is 0 Å². The lowest BCUT2D eigenvalue weighted by atomic mass is 10.1. The molecule has 116 valence electrons. The summed E-state index contributed by atoms with van der Waals surface area (Å²) in [6.45, 7) is 5.61. The first-order chi connectivity index (χ1) is 10.6. The van der Waals surface area contributed by atoms with Crippen LogP contribution in [0.3, 0.4) is 0 Å². The van der Waals surface area contributed by atoms with Crippen LogP contribution in [0.1, 0.15) is 34.8 Å². The van der Waals surface area contributed by atoms with Crippen molar-refractivity contribution in [3.05, 3.63) is 40.0 Å². The second kappa shape index (κ2) is 6.44. The van der Waals surface area contributed by atoms with Gasteiger partial charge in [-0.25, -0.2) is 9.97 Å². The van der Waals surface area contributed by atoms with Crippen LogP contribution < -0.4 is 5.32 Å². The van der Waals surface area contributed by atoms with E-state index >= 15 is 0 Å². The molecule has 0 bridgehead atoms. The Morgan fingerprint density at radius 3 is 2.86 bits per heavy atom. The van der Waals surface area contributed by atoms with E-state index in [-0.39, 0.29) is 5.91 Å². The molecule has 0 unspecified atom stereocenters. The van der Waals surface area contributed by atoms with Crippen molar-refractivity contribution in [3.63, 3.8) is 0 Å². The minimum Gasteiger partial charge on any atom is -0.368 e. The maximum Gasteiger partial charge on any atom is 0.263 e. The molecule has 1 aliphatic heterocycles. The Balaban J connectivity index is 1.79. The molecule has 0 saturated carbocycles. The summed E-state index contributed by atoms with van der Waals surface area (Å²) in [5, 5.41) is 5.32. The van der Waals surface area contributed by atoms with E-state index in [0.717, 1.165) is 34.8 Å². The lowest BCUT2D eigenvalue weighted by Gasteiger charge is -2.19. The lowest BCUT2D eigenvalue weighted by Crippen LogP contribution is -2.32. The van der Waals surface area contributed by atoms with Gasteiger partial charge in [-0.15, -0.1) is 11.3 Å². The second-order valence-electron chi connectivity index (χ2n) is 5.72. The molecule has 2 aromatic rings. The number of anilines is 1. The van der Waals surface area contributed by atoms with Crippen LogP contribution >= 0.6 is 11.3 Å². The predicted octanol–water partition coefficient (Wildman–Crippen LogP) is 2.60. The van der Waals surface area contributed by atoms with Crippen molar-refractivity contribution in [1.82, 2.24) is 14.9 Å². The fourth-order valence-corrected chi connectivity index (χ4v) is 3.37. The number of aromatic nitrogens is 2. The zero-order chi connectivity index (χ0) is 15.5. The van der Waals surface area contributed by atoms with E-state index < -0.39 is 0 Å². The smallest absolute Gasteiger partial charge is 0.263 e. The zero-order valence-electron chi connectivity index (χ0n) is 12.9. The molecular weight excluding hydrogens is 296 g/mol. The van der Waals surface area contributed by atoms with Crippen molar-refractivity contribution in [2.75, 3.05) is 18.4 Å². The molecule has 0 radical (unpaired) electrons. The summed E-state index contributed by atoms with van der Waals surface area (Å²) in [5.74, 6) is 1.03. The number of carbonyl (C=O) groups excluding carboxylic acids is 1. The minimum atomic E-state index is 0.120. The maximum absolute atomic E-state index is 12.5. The van der Waals surface area contributed by atoms with E-state index in [2.05, 4.69) is 29.1 Å². The van der Waals surface area contributed by atoms with Crippen molar-refractivity contribution in [2.24, 2.45) is 0 Å². The molecule has 1 N–H and O–H groups in total. The molecule has 5 nitrogen and oxygen atoms in total. The van der Waals surface area contributed by atoms with Gasteiger partial charge in [0.2, 0.25) is 0 Å². The monoisotopic (exact) mass is 316 g/mol. The SMILES string of the molecule is CC(C)Nc1ncnc2c1CCN(C(=O)c1cccs1)CC2. The van der Waals surface area contributed by atoms with Gasteiger partial charge in [0, 0.05) is 31.1 Å². The number of carbonyl (C=O) groups is 1. The van der Waals surface area contributed by atoms with Gasteiger partial charge in [-0.1, -0.05) is 6.07 Å². The molecule has 1 aliphatic rings. The molecule has 0 spiro atoms. The van der Waals surface area contributed by atoms with Crippen molar-refractivity contribution in [2.45, 2.75) is 32.7 Å². The first kappa shape index (κ1) is 15.0. The van der Waals surface area contributed by atoms with E-state index in [9.17, 15) is 4.79 Å². The first-order valence-corrected chi connectivity index (χ1v) is 8.45. The quantitative estimate of drug-likeness (QED) is 0.945. The number of hydrogen-bond donors (Lipinski definition) is 1. The van der Waals surface area contributed by atoms with Crippen LogP contribution in [-0.2, 0) is 12.8 Å². The van der Waals surface area contributed by atoms with E-state index in [1.165, 1.54) is 11.3 Å². The molecule has 0 atom stereocenters. The average molecular weight is 316 g/mol. The number of amides is 1.